The number of carboxylic acid groups (broad SMARTS) is 1. The lowest BCUT2D eigenvalue weighted by molar-refractivity contribution is -0.137. The van der Waals surface area contributed by atoms with E-state index in [1.165, 1.54) is 4.90 Å². The molecule has 7 nitrogen and oxygen atoms in total. The molecule has 0 atom stereocenters. The Hall–Kier alpha value is -2.05. The van der Waals surface area contributed by atoms with Gasteiger partial charge in [0.15, 0.2) is 0 Å². The molecule has 20 heavy (non-hydrogen) atoms. The maximum atomic E-state index is 11.7. The van der Waals surface area contributed by atoms with Gasteiger partial charge in [0.2, 0.25) is 0 Å². The highest BCUT2D eigenvalue weighted by Gasteiger charge is 2.07. The van der Waals surface area contributed by atoms with Gasteiger partial charge in [-0.2, -0.15) is 0 Å². The van der Waals surface area contributed by atoms with Crippen LogP contribution in [0.3, 0.4) is 0 Å². The van der Waals surface area contributed by atoms with Crippen LogP contribution in [0.25, 0.3) is 0 Å². The molecule has 112 valence electrons. The molecule has 1 aromatic heterocycles. The normalized spacial score (nSPS) is 10.2. The van der Waals surface area contributed by atoms with Crippen molar-refractivity contribution in [3.8, 4) is 0 Å². The molecule has 0 unspecified atom stereocenters. The Bertz CT molecular complexity index is 406. The Balaban J connectivity index is 2.02. The van der Waals surface area contributed by atoms with Gasteiger partial charge in [-0.05, 0) is 19.3 Å². The smallest absolute Gasteiger partial charge is 0.317 e. The highest BCUT2D eigenvalue weighted by molar-refractivity contribution is 5.73. The lowest BCUT2D eigenvalue weighted by atomic mass is 10.3. The van der Waals surface area contributed by atoms with Crippen molar-refractivity contribution < 1.29 is 14.7 Å². The number of aromatic nitrogens is 2. The summed E-state index contributed by atoms with van der Waals surface area (Å²) < 4.78 is 2.00. The van der Waals surface area contributed by atoms with Gasteiger partial charge in [0.25, 0.3) is 0 Å². The molecule has 0 fully saturated rings. The van der Waals surface area contributed by atoms with Crippen molar-refractivity contribution in [3.05, 3.63) is 18.7 Å². The second-order valence-electron chi connectivity index (χ2n) is 4.66. The molecule has 0 aliphatic rings. The van der Waals surface area contributed by atoms with E-state index in [0.717, 1.165) is 19.4 Å². The summed E-state index contributed by atoms with van der Waals surface area (Å²) in [5, 5.41) is 11.3. The van der Waals surface area contributed by atoms with E-state index in [1.54, 1.807) is 19.6 Å². The van der Waals surface area contributed by atoms with Crippen LogP contribution in [0.1, 0.15) is 25.7 Å². The zero-order valence-corrected chi connectivity index (χ0v) is 11.8. The number of urea groups is 1. The summed E-state index contributed by atoms with van der Waals surface area (Å²) in [5.41, 5.74) is 0. The number of imidazole rings is 1. The number of unbranched alkanes of at least 4 members (excludes halogenated alkanes) is 1. The fourth-order valence-corrected chi connectivity index (χ4v) is 1.74. The van der Waals surface area contributed by atoms with Crippen molar-refractivity contribution in [3.63, 3.8) is 0 Å². The standard InChI is InChI=1S/C13H22N4O3/c1-16(8-4-5-12(18)19)13(20)15-6-2-3-9-17-10-7-14-11-17/h7,10-11H,2-6,8-9H2,1H3,(H,15,20)(H,18,19). The molecule has 0 bridgehead atoms. The van der Waals surface area contributed by atoms with Gasteiger partial charge in [-0.15, -0.1) is 0 Å². The Morgan fingerprint density at radius 1 is 1.35 bits per heavy atom. The average molecular weight is 282 g/mol. The third-order valence-electron chi connectivity index (χ3n) is 2.91. The van der Waals surface area contributed by atoms with E-state index in [4.69, 9.17) is 5.11 Å². The molecule has 0 spiro atoms. The van der Waals surface area contributed by atoms with Crippen LogP contribution in [0, 0.1) is 0 Å². The number of nitrogens with zero attached hydrogens (tertiary/aromatic N) is 3. The summed E-state index contributed by atoms with van der Waals surface area (Å²) in [6.45, 7) is 1.97. The van der Waals surface area contributed by atoms with E-state index in [2.05, 4.69) is 10.3 Å². The SMILES string of the molecule is CN(CCCC(=O)O)C(=O)NCCCCn1ccnc1. The molecular weight excluding hydrogens is 260 g/mol. The number of hydrogen-bond acceptors (Lipinski definition) is 3. The highest BCUT2D eigenvalue weighted by atomic mass is 16.4. The van der Waals surface area contributed by atoms with Crippen LogP contribution in [-0.2, 0) is 11.3 Å². The highest BCUT2D eigenvalue weighted by Crippen LogP contribution is 1.96. The zero-order chi connectivity index (χ0) is 14.8. The quantitative estimate of drug-likeness (QED) is 0.666. The fourth-order valence-electron chi connectivity index (χ4n) is 1.74. The van der Waals surface area contributed by atoms with Crippen molar-refractivity contribution in [2.45, 2.75) is 32.2 Å². The molecule has 0 saturated carbocycles. The Kier molecular flexibility index (Phi) is 7.16. The van der Waals surface area contributed by atoms with Crippen molar-refractivity contribution in [1.29, 1.82) is 0 Å². The Morgan fingerprint density at radius 3 is 2.80 bits per heavy atom. The van der Waals surface area contributed by atoms with Crippen LogP contribution >= 0.6 is 0 Å². The number of carbonyl (C=O) groups excluding carboxylic acids is 1. The molecule has 2 N–H and O–H groups in total. The first-order chi connectivity index (χ1) is 9.59. The van der Waals surface area contributed by atoms with E-state index in [0.29, 0.717) is 19.5 Å². The minimum absolute atomic E-state index is 0.0858. The minimum Gasteiger partial charge on any atom is -0.481 e. The van der Waals surface area contributed by atoms with Gasteiger partial charge < -0.3 is 19.9 Å². The third kappa shape index (κ3) is 6.77. The summed E-state index contributed by atoms with van der Waals surface area (Å²) in [6, 6.07) is -0.155. The van der Waals surface area contributed by atoms with Crippen LogP contribution in [-0.4, -0.2) is 51.7 Å². The lowest BCUT2D eigenvalue weighted by Crippen LogP contribution is -2.38. The molecule has 1 heterocycles. The minimum atomic E-state index is -0.835. The Morgan fingerprint density at radius 2 is 2.15 bits per heavy atom. The van der Waals surface area contributed by atoms with Crippen LogP contribution in [0.15, 0.2) is 18.7 Å². The summed E-state index contributed by atoms with van der Waals surface area (Å²) in [7, 11) is 1.67. The second kappa shape index (κ2) is 8.95. The maximum absolute atomic E-state index is 11.7. The number of rotatable bonds is 9. The molecule has 0 radical (unpaired) electrons. The molecular formula is C13H22N4O3. The number of hydrogen-bond donors (Lipinski definition) is 2. The largest absolute Gasteiger partial charge is 0.481 e. The maximum Gasteiger partial charge on any atom is 0.317 e. The summed E-state index contributed by atoms with van der Waals surface area (Å²) in [6.07, 6.45) is 7.85. The number of aryl methyl sites for hydroxylation is 1. The van der Waals surface area contributed by atoms with Crippen LogP contribution < -0.4 is 5.32 Å². The summed E-state index contributed by atoms with van der Waals surface area (Å²) in [5.74, 6) is -0.835. The first-order valence-electron chi connectivity index (χ1n) is 6.76. The van der Waals surface area contributed by atoms with Gasteiger partial charge in [0.05, 0.1) is 6.33 Å². The topological polar surface area (TPSA) is 87.5 Å². The second-order valence-corrected chi connectivity index (χ2v) is 4.66. The van der Waals surface area contributed by atoms with Gasteiger partial charge in [-0.25, -0.2) is 9.78 Å². The first-order valence-corrected chi connectivity index (χ1v) is 6.76. The summed E-state index contributed by atoms with van der Waals surface area (Å²) >= 11 is 0. The predicted octanol–water partition coefficient (Wildman–Crippen LogP) is 1.17. The van der Waals surface area contributed by atoms with E-state index in [9.17, 15) is 9.59 Å². The molecule has 0 aliphatic carbocycles. The van der Waals surface area contributed by atoms with Crippen LogP contribution in [0.2, 0.25) is 0 Å². The van der Waals surface area contributed by atoms with E-state index in [-0.39, 0.29) is 12.5 Å². The number of nitrogens with one attached hydrogen (secondary N) is 1. The molecule has 1 rings (SSSR count). The fraction of sp³-hybridized carbons (Fsp3) is 0.615. The number of aliphatic carboxylic acids is 1. The van der Waals surface area contributed by atoms with E-state index >= 15 is 0 Å². The monoisotopic (exact) mass is 282 g/mol. The van der Waals surface area contributed by atoms with Gasteiger partial charge >= 0.3 is 12.0 Å². The van der Waals surface area contributed by atoms with Gasteiger partial charge in [-0.1, -0.05) is 0 Å². The predicted molar refractivity (Wildman–Crippen MR) is 74.4 cm³/mol. The van der Waals surface area contributed by atoms with Gasteiger partial charge in [0.1, 0.15) is 0 Å². The molecule has 0 aliphatic heterocycles. The molecule has 7 heteroatoms. The average Bonchev–Trinajstić information content (AvgIpc) is 2.90. The van der Waals surface area contributed by atoms with Crippen molar-refractivity contribution in [2.24, 2.45) is 0 Å². The van der Waals surface area contributed by atoms with Crippen LogP contribution in [0.5, 0.6) is 0 Å². The number of carboxylic acids is 1. The summed E-state index contributed by atoms with van der Waals surface area (Å²) in [4.78, 5) is 27.5. The number of carbonyl (C=O) groups is 2. The molecule has 0 aromatic carbocycles. The lowest BCUT2D eigenvalue weighted by Gasteiger charge is -2.17. The Labute approximate surface area is 118 Å². The van der Waals surface area contributed by atoms with Gasteiger partial charge in [-0.3, -0.25) is 4.79 Å². The molecule has 0 saturated heterocycles. The van der Waals surface area contributed by atoms with Crippen molar-refractivity contribution in [1.82, 2.24) is 19.8 Å². The zero-order valence-electron chi connectivity index (χ0n) is 11.8. The van der Waals surface area contributed by atoms with Gasteiger partial charge in [0, 0.05) is 45.5 Å². The first kappa shape index (κ1) is 16.0. The van der Waals surface area contributed by atoms with Crippen molar-refractivity contribution >= 4 is 12.0 Å². The van der Waals surface area contributed by atoms with E-state index in [1.807, 2.05) is 10.8 Å². The molecule has 2 amide bonds. The van der Waals surface area contributed by atoms with Crippen molar-refractivity contribution in [2.75, 3.05) is 20.1 Å². The third-order valence-corrected chi connectivity index (χ3v) is 2.91. The molecule has 1 aromatic rings. The van der Waals surface area contributed by atoms with Crippen LogP contribution in [0.4, 0.5) is 4.79 Å². The van der Waals surface area contributed by atoms with E-state index < -0.39 is 5.97 Å². The number of amides is 2.